The van der Waals surface area contributed by atoms with E-state index in [1.807, 2.05) is 0 Å². The van der Waals surface area contributed by atoms with Crippen LogP contribution in [-0.2, 0) is 11.2 Å². The third-order valence-corrected chi connectivity index (χ3v) is 4.59. The topological polar surface area (TPSA) is 17.1 Å². The minimum Gasteiger partial charge on any atom is -0.299 e. The lowest BCUT2D eigenvalue weighted by Crippen LogP contribution is -2.34. The molecule has 2 heteroatoms. The number of carbonyl (C=O) groups is 1. The lowest BCUT2D eigenvalue weighted by Gasteiger charge is -2.37. The standard InChI is InChI=1S/C14H20OS/c1-14(2)7-4-3-5-12(14)13(15)9-11-6-8-16-10-11/h6,8,10,12H,3-5,7,9H2,1-2H3. The molecule has 1 aromatic rings. The minimum atomic E-state index is 0.214. The van der Waals surface area contributed by atoms with Gasteiger partial charge in [0.2, 0.25) is 0 Å². The van der Waals surface area contributed by atoms with Gasteiger partial charge in [-0.1, -0.05) is 26.7 Å². The Bertz CT molecular complexity index is 351. The number of ketones is 1. The Morgan fingerprint density at radius 2 is 2.31 bits per heavy atom. The van der Waals surface area contributed by atoms with Crippen LogP contribution >= 0.6 is 11.3 Å². The molecule has 0 N–H and O–H groups in total. The molecule has 1 aromatic heterocycles. The van der Waals surface area contributed by atoms with Crippen LogP contribution in [0.4, 0.5) is 0 Å². The van der Waals surface area contributed by atoms with Gasteiger partial charge in [0.15, 0.2) is 0 Å². The van der Waals surface area contributed by atoms with Crippen molar-refractivity contribution in [3.05, 3.63) is 22.4 Å². The molecule has 1 nitrogen and oxygen atoms in total. The van der Waals surface area contributed by atoms with Crippen LogP contribution in [0.3, 0.4) is 0 Å². The van der Waals surface area contributed by atoms with Crippen molar-refractivity contribution >= 4 is 17.1 Å². The molecule has 1 aliphatic carbocycles. The highest BCUT2D eigenvalue weighted by Gasteiger charge is 2.36. The Morgan fingerprint density at radius 3 is 2.94 bits per heavy atom. The van der Waals surface area contributed by atoms with Crippen molar-refractivity contribution in [3.8, 4) is 0 Å². The van der Waals surface area contributed by atoms with E-state index in [4.69, 9.17) is 0 Å². The van der Waals surface area contributed by atoms with Crippen LogP contribution in [0.15, 0.2) is 16.8 Å². The van der Waals surface area contributed by atoms with Gasteiger partial charge < -0.3 is 0 Å². The normalized spacial score (nSPS) is 24.2. The van der Waals surface area contributed by atoms with Crippen LogP contribution in [0.2, 0.25) is 0 Å². The van der Waals surface area contributed by atoms with E-state index in [2.05, 4.69) is 30.7 Å². The summed E-state index contributed by atoms with van der Waals surface area (Å²) in [5.41, 5.74) is 1.40. The highest BCUT2D eigenvalue weighted by molar-refractivity contribution is 7.07. The van der Waals surface area contributed by atoms with Crippen molar-refractivity contribution in [2.75, 3.05) is 0 Å². The summed E-state index contributed by atoms with van der Waals surface area (Å²) in [6.07, 6.45) is 5.44. The lowest BCUT2D eigenvalue weighted by atomic mass is 9.66. The molecule has 1 unspecified atom stereocenters. The number of hydrogen-bond donors (Lipinski definition) is 0. The largest absolute Gasteiger partial charge is 0.299 e. The summed E-state index contributed by atoms with van der Waals surface area (Å²) < 4.78 is 0. The molecule has 1 saturated carbocycles. The summed E-state index contributed by atoms with van der Waals surface area (Å²) in [4.78, 5) is 12.3. The van der Waals surface area contributed by atoms with Gasteiger partial charge in [0.1, 0.15) is 5.78 Å². The molecule has 1 atom stereocenters. The van der Waals surface area contributed by atoms with Crippen molar-refractivity contribution in [3.63, 3.8) is 0 Å². The molecule has 0 bridgehead atoms. The van der Waals surface area contributed by atoms with Gasteiger partial charge in [-0.25, -0.2) is 0 Å². The zero-order valence-corrected chi connectivity index (χ0v) is 11.0. The highest BCUT2D eigenvalue weighted by atomic mass is 32.1. The van der Waals surface area contributed by atoms with Crippen molar-refractivity contribution in [2.24, 2.45) is 11.3 Å². The molecule has 0 saturated heterocycles. The summed E-state index contributed by atoms with van der Waals surface area (Å²) in [6.45, 7) is 4.50. The number of carbonyl (C=O) groups excluding carboxylic acids is 1. The molecule has 0 aromatic carbocycles. The fourth-order valence-corrected chi connectivity index (χ4v) is 3.48. The zero-order valence-electron chi connectivity index (χ0n) is 10.2. The molecule has 88 valence electrons. The Morgan fingerprint density at radius 1 is 1.50 bits per heavy atom. The molecular formula is C14H20OS. The van der Waals surface area contributed by atoms with Crippen molar-refractivity contribution in [1.82, 2.24) is 0 Å². The molecule has 2 rings (SSSR count). The SMILES string of the molecule is CC1(C)CCCCC1C(=O)Cc1ccsc1. The van der Waals surface area contributed by atoms with E-state index in [-0.39, 0.29) is 11.3 Å². The van der Waals surface area contributed by atoms with Gasteiger partial charge >= 0.3 is 0 Å². The average Bonchev–Trinajstić information content (AvgIpc) is 2.69. The van der Waals surface area contributed by atoms with Gasteiger partial charge in [0.25, 0.3) is 0 Å². The van der Waals surface area contributed by atoms with Gasteiger partial charge in [-0.2, -0.15) is 11.3 Å². The second kappa shape index (κ2) is 4.70. The summed E-state index contributed by atoms with van der Waals surface area (Å²) in [6, 6.07) is 2.07. The van der Waals surface area contributed by atoms with Gasteiger partial charge in [-0.05, 0) is 40.6 Å². The molecule has 0 amide bonds. The molecule has 1 heterocycles. The zero-order chi connectivity index (χ0) is 11.6. The van der Waals surface area contributed by atoms with Crippen LogP contribution in [0.5, 0.6) is 0 Å². The van der Waals surface area contributed by atoms with E-state index in [1.165, 1.54) is 24.8 Å². The average molecular weight is 236 g/mol. The fourth-order valence-electron chi connectivity index (χ4n) is 2.81. The summed E-state index contributed by atoms with van der Waals surface area (Å²) in [7, 11) is 0. The second-order valence-corrected chi connectivity index (χ2v) is 6.34. The predicted molar refractivity (Wildman–Crippen MR) is 68.8 cm³/mol. The first-order valence-corrected chi connectivity index (χ1v) is 7.08. The van der Waals surface area contributed by atoms with Crippen LogP contribution in [0, 0.1) is 11.3 Å². The number of Topliss-reactive ketones (excluding diaryl/α,β-unsaturated/α-hetero) is 1. The molecular weight excluding hydrogens is 216 g/mol. The minimum absolute atomic E-state index is 0.214. The third-order valence-electron chi connectivity index (χ3n) is 3.85. The van der Waals surface area contributed by atoms with Crippen molar-refractivity contribution < 1.29 is 4.79 Å². The van der Waals surface area contributed by atoms with Crippen LogP contribution in [0.1, 0.15) is 45.1 Å². The van der Waals surface area contributed by atoms with Crippen LogP contribution in [0.25, 0.3) is 0 Å². The van der Waals surface area contributed by atoms with Gasteiger partial charge in [0.05, 0.1) is 0 Å². The first kappa shape index (κ1) is 11.8. The second-order valence-electron chi connectivity index (χ2n) is 5.56. The van der Waals surface area contributed by atoms with Crippen molar-refractivity contribution in [2.45, 2.75) is 46.0 Å². The Balaban J connectivity index is 2.03. The van der Waals surface area contributed by atoms with Gasteiger partial charge in [0, 0.05) is 12.3 Å². The maximum atomic E-state index is 12.3. The van der Waals surface area contributed by atoms with E-state index in [9.17, 15) is 4.79 Å². The molecule has 16 heavy (non-hydrogen) atoms. The number of hydrogen-bond acceptors (Lipinski definition) is 2. The fraction of sp³-hybridized carbons (Fsp3) is 0.643. The van der Waals surface area contributed by atoms with E-state index >= 15 is 0 Å². The van der Waals surface area contributed by atoms with Crippen molar-refractivity contribution in [1.29, 1.82) is 0 Å². The number of thiophene rings is 1. The lowest BCUT2D eigenvalue weighted by molar-refractivity contribution is -0.127. The summed E-state index contributed by atoms with van der Waals surface area (Å²) in [5, 5.41) is 4.14. The van der Waals surface area contributed by atoms with E-state index in [1.54, 1.807) is 11.3 Å². The first-order chi connectivity index (χ1) is 7.59. The van der Waals surface area contributed by atoms with E-state index in [0.717, 1.165) is 6.42 Å². The van der Waals surface area contributed by atoms with E-state index < -0.39 is 0 Å². The Kier molecular flexibility index (Phi) is 3.48. The van der Waals surface area contributed by atoms with E-state index in [0.29, 0.717) is 12.2 Å². The smallest absolute Gasteiger partial charge is 0.140 e. The Hall–Kier alpha value is -0.630. The molecule has 0 aliphatic heterocycles. The van der Waals surface area contributed by atoms with Gasteiger partial charge in [-0.15, -0.1) is 0 Å². The Labute approximate surface area is 102 Å². The number of rotatable bonds is 3. The third kappa shape index (κ3) is 2.54. The van der Waals surface area contributed by atoms with Gasteiger partial charge in [-0.3, -0.25) is 4.79 Å². The summed E-state index contributed by atoms with van der Waals surface area (Å²) >= 11 is 1.68. The van der Waals surface area contributed by atoms with Crippen LogP contribution < -0.4 is 0 Å². The predicted octanol–water partition coefficient (Wildman–Crippen LogP) is 4.08. The monoisotopic (exact) mass is 236 g/mol. The first-order valence-electron chi connectivity index (χ1n) is 6.13. The molecule has 1 fully saturated rings. The van der Waals surface area contributed by atoms with Crippen LogP contribution in [-0.4, -0.2) is 5.78 Å². The maximum Gasteiger partial charge on any atom is 0.140 e. The molecule has 1 aliphatic rings. The highest BCUT2D eigenvalue weighted by Crippen LogP contribution is 2.41. The quantitative estimate of drug-likeness (QED) is 0.773. The molecule has 0 spiro atoms. The maximum absolute atomic E-state index is 12.3. The molecule has 0 radical (unpaired) electrons. The summed E-state index contributed by atoms with van der Waals surface area (Å²) in [5.74, 6) is 0.726.